The molecule has 0 fully saturated rings. The highest BCUT2D eigenvalue weighted by molar-refractivity contribution is 5.76. The molecule has 0 heterocycles. The number of hydrogen-bond donors (Lipinski definition) is 3. The highest BCUT2D eigenvalue weighted by atomic mass is 16.5. The molecule has 0 aliphatic rings. The quantitative estimate of drug-likeness (QED) is 0.0320. The van der Waals surface area contributed by atoms with Gasteiger partial charge in [-0.15, -0.1) is 0 Å². The average Bonchev–Trinajstić information content (AvgIpc) is 3.58. The number of ether oxygens (including phenoxy) is 1. The summed E-state index contributed by atoms with van der Waals surface area (Å²) in [5, 5.41) is 23.5. The van der Waals surface area contributed by atoms with E-state index in [-0.39, 0.29) is 18.5 Å². The van der Waals surface area contributed by atoms with Crippen molar-refractivity contribution in [1.82, 2.24) is 5.32 Å². The first-order chi connectivity index (χ1) is 43.5. The second-order valence-electron chi connectivity index (χ2n) is 27.7. The van der Waals surface area contributed by atoms with Crippen molar-refractivity contribution in [3.8, 4) is 0 Å². The van der Waals surface area contributed by atoms with Gasteiger partial charge >= 0.3 is 5.97 Å². The summed E-state index contributed by atoms with van der Waals surface area (Å²) in [6, 6.07) is -0.544. The molecule has 88 heavy (non-hydrogen) atoms. The average molecular weight is 1240 g/mol. The van der Waals surface area contributed by atoms with Crippen LogP contribution < -0.4 is 5.32 Å². The number of aliphatic hydroxyl groups excluding tert-OH is 2. The number of allylic oxidation sites excluding steroid dienone is 6. The van der Waals surface area contributed by atoms with Crippen LogP contribution in [0.15, 0.2) is 36.5 Å². The van der Waals surface area contributed by atoms with Crippen LogP contribution in [0.4, 0.5) is 0 Å². The summed E-state index contributed by atoms with van der Waals surface area (Å²) in [5.74, 6) is -0.0207. The van der Waals surface area contributed by atoms with Crippen LogP contribution >= 0.6 is 0 Å². The summed E-state index contributed by atoms with van der Waals surface area (Å²) in [4.78, 5) is 24.7. The molecule has 1 amide bonds. The monoisotopic (exact) mass is 1240 g/mol. The van der Waals surface area contributed by atoms with Gasteiger partial charge in [-0.05, 0) is 83.5 Å². The SMILES string of the molecule is CCCCCCCCC/C=C\CCCCCCCCCC(=O)OCCCCCCCCCCC/C=C\C/C=C\CCCCCCCCCCCCCCCC(=O)NC(CO)C(O)CCCCCCCCCCCCCCCCCCCCCCCCCC. The molecule has 0 saturated carbocycles. The number of amides is 1. The zero-order valence-corrected chi connectivity index (χ0v) is 59.7. The van der Waals surface area contributed by atoms with E-state index in [2.05, 4.69) is 55.6 Å². The lowest BCUT2D eigenvalue weighted by atomic mass is 10.0. The Hall–Kier alpha value is -1.92. The highest BCUT2D eigenvalue weighted by Crippen LogP contribution is 2.20. The first kappa shape index (κ1) is 86.1. The molecule has 0 aromatic heterocycles. The minimum Gasteiger partial charge on any atom is -0.466 e. The van der Waals surface area contributed by atoms with E-state index in [1.807, 2.05) is 0 Å². The summed E-state index contributed by atoms with van der Waals surface area (Å²) < 4.78 is 5.51. The lowest BCUT2D eigenvalue weighted by Crippen LogP contribution is -2.45. The smallest absolute Gasteiger partial charge is 0.305 e. The van der Waals surface area contributed by atoms with E-state index in [0.717, 1.165) is 51.4 Å². The highest BCUT2D eigenvalue weighted by Gasteiger charge is 2.20. The number of rotatable bonds is 76. The number of carbonyl (C=O) groups excluding carboxylic acids is 2. The zero-order chi connectivity index (χ0) is 63.5. The van der Waals surface area contributed by atoms with E-state index in [0.29, 0.717) is 25.9 Å². The fraction of sp³-hybridized carbons (Fsp3) is 0.902. The molecule has 2 atom stereocenters. The van der Waals surface area contributed by atoms with Gasteiger partial charge in [-0.1, -0.05) is 391 Å². The number of carbonyl (C=O) groups is 2. The standard InChI is InChI=1S/C82H157NO5/c1-3-5-7-9-11-13-15-17-19-21-23-24-25-33-36-39-42-46-50-54-58-62-66-70-74-80(85)79(78-84)83-81(86)75-71-67-63-59-55-51-47-43-40-37-34-31-29-27-26-28-30-32-35-38-41-45-49-53-57-61-65-69-73-77-88-82(87)76-72-68-64-60-56-52-48-44-22-20-18-16-14-12-10-8-6-4-2/h20,22,26,28,32,35,79-80,84-85H,3-19,21,23-25,27,29-31,33-34,36-78H2,1-2H3,(H,83,86)/b22-20-,28-26-,35-32-. The predicted molar refractivity (Wildman–Crippen MR) is 389 cm³/mol. The van der Waals surface area contributed by atoms with Gasteiger partial charge in [-0.3, -0.25) is 9.59 Å². The second-order valence-corrected chi connectivity index (χ2v) is 27.7. The van der Waals surface area contributed by atoms with Crippen LogP contribution in [0.25, 0.3) is 0 Å². The third kappa shape index (κ3) is 73.1. The van der Waals surface area contributed by atoms with Gasteiger partial charge in [0, 0.05) is 12.8 Å². The Labute approximate surface area is 551 Å². The van der Waals surface area contributed by atoms with E-state index in [1.165, 1.54) is 366 Å². The molecule has 0 aromatic carbocycles. The summed E-state index contributed by atoms with van der Waals surface area (Å²) in [6.45, 7) is 4.99. The molecule has 2 unspecified atom stereocenters. The van der Waals surface area contributed by atoms with Crippen molar-refractivity contribution >= 4 is 11.9 Å². The molecule has 520 valence electrons. The zero-order valence-electron chi connectivity index (χ0n) is 59.7. The van der Waals surface area contributed by atoms with Crippen LogP contribution in [0.2, 0.25) is 0 Å². The molecule has 3 N–H and O–H groups in total. The molecule has 0 rings (SSSR count). The van der Waals surface area contributed by atoms with Crippen LogP contribution in [-0.4, -0.2) is 47.4 Å². The van der Waals surface area contributed by atoms with Gasteiger partial charge in [0.25, 0.3) is 0 Å². The molecule has 0 spiro atoms. The molecule has 0 saturated heterocycles. The topological polar surface area (TPSA) is 95.9 Å². The molecule has 6 heteroatoms. The van der Waals surface area contributed by atoms with Gasteiger partial charge in [0.05, 0.1) is 25.4 Å². The fourth-order valence-electron chi connectivity index (χ4n) is 12.8. The largest absolute Gasteiger partial charge is 0.466 e. The van der Waals surface area contributed by atoms with Crippen molar-refractivity contribution in [2.75, 3.05) is 13.2 Å². The summed E-state index contributed by atoms with van der Waals surface area (Å²) in [7, 11) is 0. The normalized spacial score (nSPS) is 12.6. The maximum Gasteiger partial charge on any atom is 0.305 e. The van der Waals surface area contributed by atoms with E-state index in [9.17, 15) is 19.8 Å². The minimum atomic E-state index is -0.667. The van der Waals surface area contributed by atoms with Crippen LogP contribution in [0, 0.1) is 0 Å². The van der Waals surface area contributed by atoms with Crippen LogP contribution in [0.5, 0.6) is 0 Å². The first-order valence-corrected chi connectivity index (χ1v) is 40.2. The fourth-order valence-corrected chi connectivity index (χ4v) is 12.8. The van der Waals surface area contributed by atoms with E-state index in [4.69, 9.17) is 4.74 Å². The van der Waals surface area contributed by atoms with Crippen molar-refractivity contribution in [3.05, 3.63) is 36.5 Å². The van der Waals surface area contributed by atoms with Gasteiger partial charge in [0.15, 0.2) is 0 Å². The lowest BCUT2D eigenvalue weighted by Gasteiger charge is -2.22. The Balaban J connectivity index is 3.40. The lowest BCUT2D eigenvalue weighted by molar-refractivity contribution is -0.143. The number of aliphatic hydroxyl groups is 2. The van der Waals surface area contributed by atoms with Crippen LogP contribution in [0.3, 0.4) is 0 Å². The molecule has 0 aromatic rings. The molecule has 0 aliphatic carbocycles. The maximum absolute atomic E-state index is 12.6. The summed E-state index contributed by atoms with van der Waals surface area (Å²) >= 11 is 0. The maximum atomic E-state index is 12.6. The molecule has 6 nitrogen and oxygen atoms in total. The third-order valence-corrected chi connectivity index (χ3v) is 18.9. The third-order valence-electron chi connectivity index (χ3n) is 18.9. The summed E-state index contributed by atoms with van der Waals surface area (Å²) in [6.07, 6.45) is 101. The Kier molecular flexibility index (Phi) is 75.8. The molecule has 0 aliphatic heterocycles. The van der Waals surface area contributed by atoms with Gasteiger partial charge < -0.3 is 20.3 Å². The van der Waals surface area contributed by atoms with Crippen molar-refractivity contribution in [2.24, 2.45) is 0 Å². The van der Waals surface area contributed by atoms with Gasteiger partial charge in [-0.2, -0.15) is 0 Å². The van der Waals surface area contributed by atoms with E-state index >= 15 is 0 Å². The number of hydrogen-bond acceptors (Lipinski definition) is 5. The Morgan fingerprint density at radius 2 is 0.568 bits per heavy atom. The van der Waals surface area contributed by atoms with Gasteiger partial charge in [-0.25, -0.2) is 0 Å². The molecular formula is C82H157NO5. The Morgan fingerprint density at radius 3 is 0.875 bits per heavy atom. The number of nitrogens with one attached hydrogen (secondary N) is 1. The van der Waals surface area contributed by atoms with E-state index < -0.39 is 12.1 Å². The molecular weight excluding hydrogens is 1080 g/mol. The Morgan fingerprint density at radius 1 is 0.318 bits per heavy atom. The van der Waals surface area contributed by atoms with Crippen LogP contribution in [0.1, 0.15) is 450 Å². The first-order valence-electron chi connectivity index (χ1n) is 40.2. The van der Waals surface area contributed by atoms with Crippen molar-refractivity contribution in [2.45, 2.75) is 463 Å². The van der Waals surface area contributed by atoms with Gasteiger partial charge in [0.2, 0.25) is 5.91 Å². The van der Waals surface area contributed by atoms with E-state index in [1.54, 1.807) is 0 Å². The van der Waals surface area contributed by atoms with Crippen molar-refractivity contribution in [1.29, 1.82) is 0 Å². The number of esters is 1. The Bertz CT molecular complexity index is 1430. The second kappa shape index (κ2) is 77.5. The van der Waals surface area contributed by atoms with Crippen molar-refractivity contribution < 1.29 is 24.5 Å². The minimum absolute atomic E-state index is 0.0101. The van der Waals surface area contributed by atoms with Crippen molar-refractivity contribution in [3.63, 3.8) is 0 Å². The molecule has 0 radical (unpaired) electrons. The van der Waals surface area contributed by atoms with Crippen LogP contribution in [-0.2, 0) is 14.3 Å². The molecule has 0 bridgehead atoms. The number of unbranched alkanes of at least 4 members (excludes halogenated alkanes) is 59. The predicted octanol–water partition coefficient (Wildman–Crippen LogP) is 26.6. The summed E-state index contributed by atoms with van der Waals surface area (Å²) in [5.41, 5.74) is 0. The van der Waals surface area contributed by atoms with Gasteiger partial charge in [0.1, 0.15) is 0 Å².